The number of fused-ring (bicyclic) bond motifs is 1. The van der Waals surface area contributed by atoms with Gasteiger partial charge in [0.2, 0.25) is 0 Å². The molecule has 1 aromatic carbocycles. The SMILES string of the molecule is Cc1ccc2c(c1)OC(CC(=O)O)C(=O)N2CCCN(C)C. The predicted molar refractivity (Wildman–Crippen MR) is 83.4 cm³/mol. The Labute approximate surface area is 130 Å². The maximum atomic E-state index is 12.5. The molecule has 6 nitrogen and oxygen atoms in total. The zero-order chi connectivity index (χ0) is 16.3. The topological polar surface area (TPSA) is 70.1 Å². The van der Waals surface area contributed by atoms with E-state index in [9.17, 15) is 9.59 Å². The number of aryl methyl sites for hydroxylation is 1. The van der Waals surface area contributed by atoms with Crippen LogP contribution in [0.4, 0.5) is 5.69 Å². The summed E-state index contributed by atoms with van der Waals surface area (Å²) in [5.41, 5.74) is 1.73. The molecule has 0 saturated heterocycles. The van der Waals surface area contributed by atoms with E-state index in [-0.39, 0.29) is 12.3 Å². The van der Waals surface area contributed by atoms with Gasteiger partial charge in [-0.05, 0) is 51.7 Å². The number of anilines is 1. The van der Waals surface area contributed by atoms with E-state index in [0.29, 0.717) is 12.3 Å². The van der Waals surface area contributed by atoms with E-state index in [4.69, 9.17) is 9.84 Å². The minimum absolute atomic E-state index is 0.280. The third kappa shape index (κ3) is 3.76. The number of amides is 1. The Kier molecular flexibility index (Phi) is 5.03. The predicted octanol–water partition coefficient (Wildman–Crippen LogP) is 1.52. The molecule has 1 heterocycles. The van der Waals surface area contributed by atoms with E-state index in [1.165, 1.54) is 0 Å². The lowest BCUT2D eigenvalue weighted by Gasteiger charge is -2.34. The average molecular weight is 306 g/mol. The second kappa shape index (κ2) is 6.79. The highest BCUT2D eigenvalue weighted by atomic mass is 16.5. The minimum atomic E-state index is -1.04. The highest BCUT2D eigenvalue weighted by Gasteiger charge is 2.35. The largest absolute Gasteiger partial charge is 0.481 e. The van der Waals surface area contributed by atoms with Crippen molar-refractivity contribution >= 4 is 17.6 Å². The van der Waals surface area contributed by atoms with Crippen LogP contribution in [-0.2, 0) is 9.59 Å². The van der Waals surface area contributed by atoms with Gasteiger partial charge in [0.25, 0.3) is 5.91 Å². The van der Waals surface area contributed by atoms with Gasteiger partial charge in [-0.2, -0.15) is 0 Å². The van der Waals surface area contributed by atoms with Gasteiger partial charge in [0.05, 0.1) is 12.1 Å². The summed E-state index contributed by atoms with van der Waals surface area (Å²) in [6, 6.07) is 5.62. The molecule has 0 spiro atoms. The first kappa shape index (κ1) is 16.3. The Hall–Kier alpha value is -2.08. The summed E-state index contributed by atoms with van der Waals surface area (Å²) < 4.78 is 5.61. The van der Waals surface area contributed by atoms with Gasteiger partial charge < -0.3 is 19.6 Å². The average Bonchev–Trinajstić information content (AvgIpc) is 2.41. The molecule has 0 fully saturated rings. The first-order valence-corrected chi connectivity index (χ1v) is 7.33. The second-order valence-corrected chi connectivity index (χ2v) is 5.82. The van der Waals surface area contributed by atoms with Gasteiger partial charge in [0.1, 0.15) is 5.75 Å². The molecular formula is C16H22N2O4. The van der Waals surface area contributed by atoms with Crippen LogP contribution >= 0.6 is 0 Å². The smallest absolute Gasteiger partial charge is 0.307 e. The number of carbonyl (C=O) groups excluding carboxylic acids is 1. The lowest BCUT2D eigenvalue weighted by atomic mass is 10.1. The summed E-state index contributed by atoms with van der Waals surface area (Å²) in [6.45, 7) is 3.34. The van der Waals surface area contributed by atoms with Gasteiger partial charge in [-0.1, -0.05) is 6.07 Å². The van der Waals surface area contributed by atoms with Crippen molar-refractivity contribution in [1.82, 2.24) is 4.90 Å². The molecule has 1 aromatic rings. The highest BCUT2D eigenvalue weighted by Crippen LogP contribution is 2.35. The molecule has 0 bridgehead atoms. The third-order valence-electron chi connectivity index (χ3n) is 3.56. The van der Waals surface area contributed by atoms with Gasteiger partial charge in [0, 0.05) is 6.54 Å². The molecule has 22 heavy (non-hydrogen) atoms. The fraction of sp³-hybridized carbons (Fsp3) is 0.500. The van der Waals surface area contributed by atoms with Crippen molar-refractivity contribution in [3.05, 3.63) is 23.8 Å². The van der Waals surface area contributed by atoms with Crippen LogP contribution in [0.15, 0.2) is 18.2 Å². The van der Waals surface area contributed by atoms with Crippen molar-refractivity contribution in [3.8, 4) is 5.75 Å². The Bertz CT molecular complexity index is 571. The number of nitrogens with zero attached hydrogens (tertiary/aromatic N) is 2. The second-order valence-electron chi connectivity index (χ2n) is 5.82. The lowest BCUT2D eigenvalue weighted by Crippen LogP contribution is -2.47. The molecule has 0 saturated carbocycles. The molecule has 1 N–H and O–H groups in total. The van der Waals surface area contributed by atoms with Crippen LogP contribution < -0.4 is 9.64 Å². The highest BCUT2D eigenvalue weighted by molar-refractivity contribution is 6.01. The summed E-state index contributed by atoms with van der Waals surface area (Å²) >= 11 is 0. The maximum absolute atomic E-state index is 12.5. The summed E-state index contributed by atoms with van der Waals surface area (Å²) in [7, 11) is 3.96. The molecule has 0 radical (unpaired) electrons. The molecular weight excluding hydrogens is 284 g/mol. The number of rotatable bonds is 6. The zero-order valence-corrected chi connectivity index (χ0v) is 13.2. The Morgan fingerprint density at radius 2 is 2.14 bits per heavy atom. The van der Waals surface area contributed by atoms with Crippen LogP contribution in [0.5, 0.6) is 5.75 Å². The number of carboxylic acids is 1. The van der Waals surface area contributed by atoms with Crippen LogP contribution in [0, 0.1) is 6.92 Å². The molecule has 1 unspecified atom stereocenters. The monoisotopic (exact) mass is 306 g/mol. The normalized spacial score (nSPS) is 17.4. The number of benzene rings is 1. The Morgan fingerprint density at radius 1 is 1.41 bits per heavy atom. The first-order chi connectivity index (χ1) is 10.4. The quantitative estimate of drug-likeness (QED) is 0.863. The molecule has 120 valence electrons. The van der Waals surface area contributed by atoms with Crippen LogP contribution in [0.2, 0.25) is 0 Å². The number of hydrogen-bond donors (Lipinski definition) is 1. The maximum Gasteiger partial charge on any atom is 0.307 e. The number of ether oxygens (including phenoxy) is 1. The molecule has 2 rings (SSSR count). The molecule has 1 atom stereocenters. The van der Waals surface area contributed by atoms with E-state index < -0.39 is 12.1 Å². The third-order valence-corrected chi connectivity index (χ3v) is 3.56. The van der Waals surface area contributed by atoms with Crippen LogP contribution in [-0.4, -0.2) is 55.2 Å². The van der Waals surface area contributed by atoms with Gasteiger partial charge in [-0.15, -0.1) is 0 Å². The van der Waals surface area contributed by atoms with Crippen molar-refractivity contribution in [2.24, 2.45) is 0 Å². The summed E-state index contributed by atoms with van der Waals surface area (Å²) in [5, 5.41) is 8.96. The van der Waals surface area contributed by atoms with Crippen LogP contribution in [0.25, 0.3) is 0 Å². The van der Waals surface area contributed by atoms with Crippen molar-refractivity contribution in [2.45, 2.75) is 25.9 Å². The molecule has 1 aliphatic heterocycles. The number of carbonyl (C=O) groups is 2. The van der Waals surface area contributed by atoms with E-state index in [1.807, 2.05) is 39.2 Å². The Morgan fingerprint density at radius 3 is 2.77 bits per heavy atom. The standard InChI is InChI=1S/C16H22N2O4/c1-11-5-6-12-13(9-11)22-14(10-15(19)20)16(21)18(12)8-4-7-17(2)3/h5-6,9,14H,4,7-8,10H2,1-3H3,(H,19,20). The lowest BCUT2D eigenvalue weighted by molar-refractivity contribution is -0.142. The van der Waals surface area contributed by atoms with Gasteiger partial charge >= 0.3 is 5.97 Å². The van der Waals surface area contributed by atoms with E-state index in [0.717, 1.165) is 24.2 Å². The first-order valence-electron chi connectivity index (χ1n) is 7.33. The van der Waals surface area contributed by atoms with E-state index >= 15 is 0 Å². The zero-order valence-electron chi connectivity index (χ0n) is 13.2. The van der Waals surface area contributed by atoms with Gasteiger partial charge in [0.15, 0.2) is 6.10 Å². The molecule has 1 aliphatic rings. The number of aliphatic carboxylic acids is 1. The molecule has 6 heteroatoms. The molecule has 0 aromatic heterocycles. The van der Waals surface area contributed by atoms with E-state index in [2.05, 4.69) is 4.90 Å². The number of carboxylic acid groups (broad SMARTS) is 1. The molecule has 1 amide bonds. The fourth-order valence-electron chi connectivity index (χ4n) is 2.50. The van der Waals surface area contributed by atoms with Crippen LogP contribution in [0.3, 0.4) is 0 Å². The summed E-state index contributed by atoms with van der Waals surface area (Å²) in [5.74, 6) is -0.740. The number of hydrogen-bond acceptors (Lipinski definition) is 4. The Balaban J connectivity index is 2.24. The van der Waals surface area contributed by atoms with E-state index in [1.54, 1.807) is 4.90 Å². The van der Waals surface area contributed by atoms with Crippen molar-refractivity contribution in [2.75, 3.05) is 32.1 Å². The summed E-state index contributed by atoms with van der Waals surface area (Å²) in [6.07, 6.45) is -0.464. The van der Waals surface area contributed by atoms with Crippen molar-refractivity contribution in [3.63, 3.8) is 0 Å². The van der Waals surface area contributed by atoms with Gasteiger partial charge in [-0.3, -0.25) is 9.59 Å². The van der Waals surface area contributed by atoms with Crippen molar-refractivity contribution in [1.29, 1.82) is 0 Å². The fourth-order valence-corrected chi connectivity index (χ4v) is 2.50. The van der Waals surface area contributed by atoms with Gasteiger partial charge in [-0.25, -0.2) is 0 Å². The summed E-state index contributed by atoms with van der Waals surface area (Å²) in [4.78, 5) is 27.2. The van der Waals surface area contributed by atoms with Crippen LogP contribution in [0.1, 0.15) is 18.4 Å². The van der Waals surface area contributed by atoms with Crippen molar-refractivity contribution < 1.29 is 19.4 Å². The minimum Gasteiger partial charge on any atom is -0.481 e. The molecule has 0 aliphatic carbocycles.